The molecule has 0 aliphatic carbocycles. The molecular weight excluding hydrogens is 208 g/mol. The van der Waals surface area contributed by atoms with Crippen molar-refractivity contribution in [3.63, 3.8) is 0 Å². The lowest BCUT2D eigenvalue weighted by Gasteiger charge is -2.05. The van der Waals surface area contributed by atoms with Crippen molar-refractivity contribution in [3.8, 4) is 5.75 Å². The Balaban J connectivity index is 2.69. The molecule has 1 N–H and O–H groups in total. The van der Waals surface area contributed by atoms with Gasteiger partial charge in [0.25, 0.3) is 0 Å². The van der Waals surface area contributed by atoms with E-state index in [4.69, 9.17) is 9.84 Å². The van der Waals surface area contributed by atoms with Crippen molar-refractivity contribution in [1.29, 1.82) is 0 Å². The van der Waals surface area contributed by atoms with Crippen LogP contribution in [0.25, 0.3) is 0 Å². The first kappa shape index (κ1) is 12.2. The van der Waals surface area contributed by atoms with E-state index in [9.17, 15) is 9.59 Å². The number of ketones is 1. The topological polar surface area (TPSA) is 63.6 Å². The lowest BCUT2D eigenvalue weighted by molar-refractivity contribution is -0.141. The van der Waals surface area contributed by atoms with Crippen molar-refractivity contribution in [3.05, 3.63) is 29.8 Å². The fourth-order valence-electron chi connectivity index (χ4n) is 1.26. The highest BCUT2D eigenvalue weighted by atomic mass is 16.5. The molecule has 4 heteroatoms. The van der Waals surface area contributed by atoms with E-state index in [-0.39, 0.29) is 12.2 Å². The zero-order chi connectivity index (χ0) is 12.1. The van der Waals surface area contributed by atoms with Crippen molar-refractivity contribution in [2.24, 2.45) is 5.92 Å². The molecule has 4 nitrogen and oxygen atoms in total. The maximum absolute atomic E-state index is 11.7. The summed E-state index contributed by atoms with van der Waals surface area (Å²) in [5.41, 5.74) is 0.508. The zero-order valence-electron chi connectivity index (χ0n) is 9.27. The molecule has 16 heavy (non-hydrogen) atoms. The summed E-state index contributed by atoms with van der Waals surface area (Å²) in [6, 6.07) is 6.63. The van der Waals surface area contributed by atoms with E-state index in [0.29, 0.717) is 11.3 Å². The predicted octanol–water partition coefficient (Wildman–Crippen LogP) is 1.99. The van der Waals surface area contributed by atoms with Crippen LogP contribution in [0.1, 0.15) is 23.7 Å². The quantitative estimate of drug-likeness (QED) is 0.774. The summed E-state index contributed by atoms with van der Waals surface area (Å²) in [7, 11) is 1.54. The number of carbonyl (C=O) groups excluding carboxylic acids is 1. The molecular formula is C12H14O4. The van der Waals surface area contributed by atoms with E-state index < -0.39 is 11.9 Å². The Kier molecular flexibility index (Phi) is 4.05. The van der Waals surface area contributed by atoms with Gasteiger partial charge in [-0.15, -0.1) is 0 Å². The molecule has 86 valence electrons. The van der Waals surface area contributed by atoms with Crippen molar-refractivity contribution < 1.29 is 19.4 Å². The molecule has 0 saturated carbocycles. The van der Waals surface area contributed by atoms with E-state index in [1.807, 2.05) is 0 Å². The van der Waals surface area contributed by atoms with Gasteiger partial charge in [-0.2, -0.15) is 0 Å². The molecule has 0 heterocycles. The molecule has 1 aromatic rings. The second kappa shape index (κ2) is 5.30. The van der Waals surface area contributed by atoms with Gasteiger partial charge in [0, 0.05) is 12.0 Å². The lowest BCUT2D eigenvalue weighted by atomic mass is 10.00. The maximum Gasteiger partial charge on any atom is 0.306 e. The molecule has 0 unspecified atom stereocenters. The highest BCUT2D eigenvalue weighted by Gasteiger charge is 2.16. The summed E-state index contributed by atoms with van der Waals surface area (Å²) in [5, 5.41) is 8.69. The average Bonchev–Trinajstić information content (AvgIpc) is 2.28. The van der Waals surface area contributed by atoms with Gasteiger partial charge in [-0.05, 0) is 24.3 Å². The fourth-order valence-corrected chi connectivity index (χ4v) is 1.26. The average molecular weight is 222 g/mol. The maximum atomic E-state index is 11.7. The summed E-state index contributed by atoms with van der Waals surface area (Å²) >= 11 is 0. The standard InChI is InChI=1S/C12H14O4/c1-8(12(14)15)7-11(13)9-3-5-10(16-2)6-4-9/h3-6,8H,7H2,1-2H3,(H,14,15)/t8-/m0/s1. The molecule has 0 aromatic heterocycles. The molecule has 0 radical (unpaired) electrons. The van der Waals surface area contributed by atoms with Crippen LogP contribution in [0.2, 0.25) is 0 Å². The Labute approximate surface area is 93.9 Å². The number of carbonyl (C=O) groups is 2. The van der Waals surface area contributed by atoms with Gasteiger partial charge in [0.2, 0.25) is 0 Å². The van der Waals surface area contributed by atoms with E-state index in [1.165, 1.54) is 6.92 Å². The molecule has 1 aromatic carbocycles. The van der Waals surface area contributed by atoms with E-state index >= 15 is 0 Å². The van der Waals surface area contributed by atoms with Crippen LogP contribution >= 0.6 is 0 Å². The number of benzene rings is 1. The molecule has 0 aliphatic heterocycles. The first-order valence-electron chi connectivity index (χ1n) is 4.94. The highest BCUT2D eigenvalue weighted by molar-refractivity contribution is 5.97. The number of carboxylic acid groups (broad SMARTS) is 1. The number of aliphatic carboxylic acids is 1. The normalized spacial score (nSPS) is 11.9. The fraction of sp³-hybridized carbons (Fsp3) is 0.333. The van der Waals surface area contributed by atoms with Crippen LogP contribution in [0.5, 0.6) is 5.75 Å². The van der Waals surface area contributed by atoms with Crippen LogP contribution < -0.4 is 4.74 Å². The largest absolute Gasteiger partial charge is 0.497 e. The van der Waals surface area contributed by atoms with Gasteiger partial charge in [-0.25, -0.2) is 0 Å². The third kappa shape index (κ3) is 3.08. The van der Waals surface area contributed by atoms with Gasteiger partial charge in [0.1, 0.15) is 5.75 Å². The number of hydrogen-bond donors (Lipinski definition) is 1. The van der Waals surface area contributed by atoms with Gasteiger partial charge in [-0.1, -0.05) is 6.92 Å². The Bertz CT molecular complexity index is 381. The van der Waals surface area contributed by atoms with Crippen LogP contribution in [0, 0.1) is 5.92 Å². The second-order valence-corrected chi connectivity index (χ2v) is 3.60. The lowest BCUT2D eigenvalue weighted by Crippen LogP contribution is -2.14. The van der Waals surface area contributed by atoms with Crippen molar-refractivity contribution >= 4 is 11.8 Å². The molecule has 0 bridgehead atoms. The monoisotopic (exact) mass is 222 g/mol. The molecule has 0 saturated heterocycles. The minimum Gasteiger partial charge on any atom is -0.497 e. The van der Waals surface area contributed by atoms with Gasteiger partial charge in [0.15, 0.2) is 5.78 Å². The van der Waals surface area contributed by atoms with E-state index in [0.717, 1.165) is 0 Å². The molecule has 1 rings (SSSR count). The Hall–Kier alpha value is -1.84. The third-order valence-electron chi connectivity index (χ3n) is 2.33. The highest BCUT2D eigenvalue weighted by Crippen LogP contribution is 2.14. The second-order valence-electron chi connectivity index (χ2n) is 3.60. The van der Waals surface area contributed by atoms with E-state index in [1.54, 1.807) is 31.4 Å². The predicted molar refractivity (Wildman–Crippen MR) is 58.7 cm³/mol. The van der Waals surface area contributed by atoms with Crippen molar-refractivity contribution in [2.45, 2.75) is 13.3 Å². The molecule has 1 atom stereocenters. The summed E-state index contributed by atoms with van der Waals surface area (Å²) in [6.07, 6.45) is 0.0155. The number of methoxy groups -OCH3 is 1. The summed E-state index contributed by atoms with van der Waals surface area (Å²) in [4.78, 5) is 22.2. The first-order valence-corrected chi connectivity index (χ1v) is 4.94. The van der Waals surface area contributed by atoms with Gasteiger partial charge < -0.3 is 9.84 Å². The molecule has 0 amide bonds. The summed E-state index contributed by atoms with van der Waals surface area (Å²) in [6.45, 7) is 1.52. The Morgan fingerprint density at radius 1 is 1.31 bits per heavy atom. The van der Waals surface area contributed by atoms with Crippen molar-refractivity contribution in [2.75, 3.05) is 7.11 Å². The minimum atomic E-state index is -0.957. The minimum absolute atomic E-state index is 0.0155. The Morgan fingerprint density at radius 2 is 1.88 bits per heavy atom. The number of hydrogen-bond acceptors (Lipinski definition) is 3. The number of Topliss-reactive ketones (excluding diaryl/α,β-unsaturated/α-hetero) is 1. The van der Waals surface area contributed by atoms with Crippen LogP contribution in [-0.2, 0) is 4.79 Å². The van der Waals surface area contributed by atoms with Crippen LogP contribution in [-0.4, -0.2) is 24.0 Å². The smallest absolute Gasteiger partial charge is 0.306 e. The molecule has 0 aliphatic rings. The van der Waals surface area contributed by atoms with Gasteiger partial charge >= 0.3 is 5.97 Å². The van der Waals surface area contributed by atoms with Gasteiger partial charge in [0.05, 0.1) is 13.0 Å². The molecule has 0 spiro atoms. The Morgan fingerprint density at radius 3 is 2.31 bits per heavy atom. The summed E-state index contributed by atoms with van der Waals surface area (Å²) < 4.78 is 4.96. The third-order valence-corrected chi connectivity index (χ3v) is 2.33. The number of carboxylic acids is 1. The van der Waals surface area contributed by atoms with E-state index in [2.05, 4.69) is 0 Å². The SMILES string of the molecule is COc1ccc(C(=O)C[C@H](C)C(=O)O)cc1. The molecule has 0 fully saturated rings. The van der Waals surface area contributed by atoms with Gasteiger partial charge in [-0.3, -0.25) is 9.59 Å². The first-order chi connectivity index (χ1) is 7.54. The van der Waals surface area contributed by atoms with Crippen LogP contribution in [0.3, 0.4) is 0 Å². The summed E-state index contributed by atoms with van der Waals surface area (Å²) in [5.74, 6) is -1.11. The number of rotatable bonds is 5. The zero-order valence-corrected chi connectivity index (χ0v) is 9.27. The number of ether oxygens (including phenoxy) is 1. The van der Waals surface area contributed by atoms with Crippen LogP contribution in [0.15, 0.2) is 24.3 Å². The van der Waals surface area contributed by atoms with Crippen LogP contribution in [0.4, 0.5) is 0 Å². The van der Waals surface area contributed by atoms with Crippen molar-refractivity contribution in [1.82, 2.24) is 0 Å².